The zero-order valence-corrected chi connectivity index (χ0v) is 18.4. The molecule has 3 aromatic rings. The van der Waals surface area contributed by atoms with Crippen molar-refractivity contribution in [3.63, 3.8) is 0 Å². The topological polar surface area (TPSA) is 85.2 Å². The SMILES string of the molecule is O=C1N(Cc2nc3cc(Cl)ccc3n2C2CCS(=O)(=O)CC2)c2cnccc2C12CC2. The van der Waals surface area contributed by atoms with Crippen molar-refractivity contribution >= 4 is 44.1 Å². The second-order valence-corrected chi connectivity index (χ2v) is 11.5. The molecule has 1 aliphatic carbocycles. The molecule has 7 nitrogen and oxygen atoms in total. The van der Waals surface area contributed by atoms with Crippen LogP contribution in [0.25, 0.3) is 11.0 Å². The first-order chi connectivity index (χ1) is 14.9. The van der Waals surface area contributed by atoms with E-state index in [2.05, 4.69) is 9.55 Å². The lowest BCUT2D eigenvalue weighted by Gasteiger charge is -2.27. The quantitative estimate of drug-likeness (QED) is 0.602. The highest BCUT2D eigenvalue weighted by molar-refractivity contribution is 7.91. The summed E-state index contributed by atoms with van der Waals surface area (Å²) < 4.78 is 26.1. The van der Waals surface area contributed by atoms with Crippen LogP contribution in [0.5, 0.6) is 0 Å². The fourth-order valence-corrected chi connectivity index (χ4v) is 6.80. The predicted molar refractivity (Wildman–Crippen MR) is 118 cm³/mol. The molecule has 0 radical (unpaired) electrons. The molecule has 160 valence electrons. The van der Waals surface area contributed by atoms with Gasteiger partial charge in [-0.25, -0.2) is 13.4 Å². The van der Waals surface area contributed by atoms with Crippen molar-refractivity contribution < 1.29 is 13.2 Å². The summed E-state index contributed by atoms with van der Waals surface area (Å²) in [6, 6.07) is 7.55. The molecule has 2 aromatic heterocycles. The molecule has 2 fully saturated rings. The van der Waals surface area contributed by atoms with Crippen LogP contribution in [0.3, 0.4) is 0 Å². The normalized spacial score (nSPS) is 21.7. The molecule has 31 heavy (non-hydrogen) atoms. The Hall–Kier alpha value is -2.45. The number of amides is 1. The lowest BCUT2D eigenvalue weighted by atomic mass is 9.99. The van der Waals surface area contributed by atoms with Gasteiger partial charge in [-0.1, -0.05) is 11.6 Å². The van der Waals surface area contributed by atoms with E-state index in [1.165, 1.54) is 0 Å². The standard InChI is InChI=1S/C22H21ClN4O3S/c23-14-1-2-18-17(11-14)25-20(27(18)15-4-9-31(29,30)10-5-15)13-26-19-12-24-8-3-16(19)22(6-7-22)21(26)28/h1-3,8,11-12,15H,4-7,9-10,13H2. The number of halogens is 1. The Morgan fingerprint density at radius 2 is 1.94 bits per heavy atom. The van der Waals surface area contributed by atoms with Crippen LogP contribution >= 0.6 is 11.6 Å². The number of nitrogens with zero attached hydrogens (tertiary/aromatic N) is 4. The molecule has 1 amide bonds. The first kappa shape index (κ1) is 19.3. The maximum atomic E-state index is 13.4. The van der Waals surface area contributed by atoms with Gasteiger partial charge in [-0.2, -0.15) is 0 Å². The van der Waals surface area contributed by atoms with E-state index in [-0.39, 0.29) is 23.5 Å². The molecule has 1 spiro atoms. The van der Waals surface area contributed by atoms with Crippen LogP contribution in [0.15, 0.2) is 36.7 Å². The number of carbonyl (C=O) groups is 1. The van der Waals surface area contributed by atoms with Gasteiger partial charge in [-0.15, -0.1) is 0 Å². The molecular formula is C22H21ClN4O3S. The Balaban J connectivity index is 1.44. The van der Waals surface area contributed by atoms with Crippen LogP contribution in [0, 0.1) is 0 Å². The molecule has 4 heterocycles. The number of benzene rings is 1. The van der Waals surface area contributed by atoms with Crippen molar-refractivity contribution in [3.8, 4) is 0 Å². The summed E-state index contributed by atoms with van der Waals surface area (Å²) in [4.78, 5) is 24.2. The number of fused-ring (bicyclic) bond motifs is 3. The molecule has 9 heteroatoms. The van der Waals surface area contributed by atoms with Gasteiger partial charge >= 0.3 is 0 Å². The summed E-state index contributed by atoms with van der Waals surface area (Å²) in [5, 5.41) is 0.596. The summed E-state index contributed by atoms with van der Waals surface area (Å²) in [6.07, 6.45) is 6.32. The molecule has 1 saturated carbocycles. The average molecular weight is 457 g/mol. The molecule has 3 aliphatic rings. The van der Waals surface area contributed by atoms with Crippen molar-refractivity contribution in [2.45, 2.75) is 43.7 Å². The Kier molecular flexibility index (Phi) is 4.05. The van der Waals surface area contributed by atoms with Gasteiger partial charge in [-0.3, -0.25) is 9.78 Å². The number of imidazole rings is 1. The molecule has 2 aliphatic heterocycles. The summed E-state index contributed by atoms with van der Waals surface area (Å²) in [5.74, 6) is 1.20. The largest absolute Gasteiger partial charge is 0.323 e. The van der Waals surface area contributed by atoms with Crippen LogP contribution < -0.4 is 4.90 Å². The third-order valence-electron chi connectivity index (χ3n) is 6.92. The van der Waals surface area contributed by atoms with Crippen molar-refractivity contribution in [2.24, 2.45) is 0 Å². The van der Waals surface area contributed by atoms with E-state index in [1.54, 1.807) is 17.3 Å². The first-order valence-electron chi connectivity index (χ1n) is 10.5. The van der Waals surface area contributed by atoms with Crippen LogP contribution in [0.4, 0.5) is 5.69 Å². The monoisotopic (exact) mass is 456 g/mol. The summed E-state index contributed by atoms with van der Waals surface area (Å²) in [6.45, 7) is 0.328. The zero-order valence-electron chi connectivity index (χ0n) is 16.8. The van der Waals surface area contributed by atoms with Crippen LogP contribution in [-0.4, -0.2) is 40.4 Å². The maximum Gasteiger partial charge on any atom is 0.238 e. The van der Waals surface area contributed by atoms with Gasteiger partial charge in [0.25, 0.3) is 0 Å². The lowest BCUT2D eigenvalue weighted by Crippen LogP contribution is -2.33. The third-order valence-corrected chi connectivity index (χ3v) is 8.87. The first-order valence-corrected chi connectivity index (χ1v) is 12.7. The van der Waals surface area contributed by atoms with Gasteiger partial charge in [-0.05, 0) is 55.5 Å². The van der Waals surface area contributed by atoms with Gasteiger partial charge in [0.2, 0.25) is 5.91 Å². The minimum atomic E-state index is -2.99. The van der Waals surface area contributed by atoms with E-state index in [1.807, 2.05) is 24.3 Å². The second kappa shape index (κ2) is 6.53. The van der Waals surface area contributed by atoms with Crippen molar-refractivity contribution in [2.75, 3.05) is 16.4 Å². The van der Waals surface area contributed by atoms with E-state index < -0.39 is 15.3 Å². The number of hydrogen-bond acceptors (Lipinski definition) is 5. The van der Waals surface area contributed by atoms with E-state index in [0.29, 0.717) is 24.4 Å². The average Bonchev–Trinajstić information content (AvgIpc) is 3.43. The summed E-state index contributed by atoms with van der Waals surface area (Å²) >= 11 is 6.21. The van der Waals surface area contributed by atoms with Crippen LogP contribution in [0.2, 0.25) is 5.02 Å². The van der Waals surface area contributed by atoms with Crippen molar-refractivity contribution in [1.29, 1.82) is 0 Å². The van der Waals surface area contributed by atoms with Gasteiger partial charge in [0.15, 0.2) is 0 Å². The zero-order chi connectivity index (χ0) is 21.4. The van der Waals surface area contributed by atoms with Crippen molar-refractivity contribution in [3.05, 3.63) is 53.1 Å². The van der Waals surface area contributed by atoms with Gasteiger partial charge in [0.05, 0.1) is 46.4 Å². The Morgan fingerprint density at radius 3 is 2.68 bits per heavy atom. The smallest absolute Gasteiger partial charge is 0.238 e. The lowest BCUT2D eigenvalue weighted by molar-refractivity contribution is -0.120. The van der Waals surface area contributed by atoms with Crippen LogP contribution in [-0.2, 0) is 26.6 Å². The molecule has 6 rings (SSSR count). The second-order valence-electron chi connectivity index (χ2n) is 8.78. The fraction of sp³-hybridized carbons (Fsp3) is 0.409. The third kappa shape index (κ3) is 2.91. The Bertz CT molecular complexity index is 1330. The van der Waals surface area contributed by atoms with Crippen LogP contribution in [0.1, 0.15) is 43.1 Å². The van der Waals surface area contributed by atoms with E-state index in [9.17, 15) is 13.2 Å². The maximum absolute atomic E-state index is 13.4. The molecule has 1 saturated heterocycles. The van der Waals surface area contributed by atoms with Gasteiger partial charge in [0.1, 0.15) is 15.7 Å². The number of pyridine rings is 1. The van der Waals surface area contributed by atoms with E-state index in [4.69, 9.17) is 16.6 Å². The van der Waals surface area contributed by atoms with Gasteiger partial charge < -0.3 is 9.47 Å². The summed E-state index contributed by atoms with van der Waals surface area (Å²) in [5.41, 5.74) is 3.20. The molecule has 0 unspecified atom stereocenters. The Labute approximate surface area is 185 Å². The van der Waals surface area contributed by atoms with E-state index >= 15 is 0 Å². The highest BCUT2D eigenvalue weighted by atomic mass is 35.5. The number of rotatable bonds is 3. The fourth-order valence-electron chi connectivity index (χ4n) is 5.17. The Morgan fingerprint density at radius 1 is 1.16 bits per heavy atom. The number of hydrogen-bond donors (Lipinski definition) is 0. The van der Waals surface area contributed by atoms with Crippen molar-refractivity contribution in [1.82, 2.24) is 14.5 Å². The predicted octanol–water partition coefficient (Wildman–Crippen LogP) is 3.41. The number of sulfone groups is 1. The molecular weight excluding hydrogens is 436 g/mol. The van der Waals surface area contributed by atoms with E-state index in [0.717, 1.165) is 41.0 Å². The number of aromatic nitrogens is 3. The molecule has 0 atom stereocenters. The molecule has 0 bridgehead atoms. The highest BCUT2D eigenvalue weighted by Crippen LogP contribution is 2.57. The summed E-state index contributed by atoms with van der Waals surface area (Å²) in [7, 11) is -2.99. The molecule has 0 N–H and O–H groups in total. The molecule has 1 aromatic carbocycles. The van der Waals surface area contributed by atoms with Gasteiger partial charge in [0, 0.05) is 17.3 Å². The number of anilines is 1. The highest BCUT2D eigenvalue weighted by Gasteiger charge is 2.59. The minimum absolute atomic E-state index is 0.0191. The minimum Gasteiger partial charge on any atom is -0.323 e. The number of carbonyl (C=O) groups excluding carboxylic acids is 1.